The Labute approximate surface area is 197 Å². The van der Waals surface area contributed by atoms with Crippen LogP contribution in [0.1, 0.15) is 65.2 Å². The van der Waals surface area contributed by atoms with E-state index in [4.69, 9.17) is 4.74 Å². The quantitative estimate of drug-likeness (QED) is 0.648. The van der Waals surface area contributed by atoms with Gasteiger partial charge in [-0.15, -0.1) is 0 Å². The number of hydrogen-bond donors (Lipinski definition) is 1. The second-order valence-corrected chi connectivity index (χ2v) is 11.4. The summed E-state index contributed by atoms with van der Waals surface area (Å²) in [6.45, 7) is 3.10. The molecule has 0 unspecified atom stereocenters. The number of nitrogens with one attached hydrogen (secondary N) is 1. The van der Waals surface area contributed by atoms with Crippen molar-refractivity contribution < 1.29 is 22.7 Å². The number of carbonyl (C=O) groups is 2. The van der Waals surface area contributed by atoms with Crippen molar-refractivity contribution in [3.8, 4) is 5.75 Å². The van der Waals surface area contributed by atoms with Crippen LogP contribution in [0, 0.1) is 0 Å². The molecular formula is C24H37N3O5S. The molecule has 1 aromatic rings. The zero-order valence-electron chi connectivity index (χ0n) is 20.0. The fraction of sp³-hybridized carbons (Fsp3) is 0.667. The smallest absolute Gasteiger partial charge is 0.247 e. The van der Waals surface area contributed by atoms with Crippen LogP contribution in [0.25, 0.3) is 0 Å². The Morgan fingerprint density at radius 3 is 2.30 bits per heavy atom. The van der Waals surface area contributed by atoms with Crippen LogP contribution in [0.5, 0.6) is 5.75 Å². The number of carbonyl (C=O) groups excluding carboxylic acids is 2. The third-order valence-electron chi connectivity index (χ3n) is 6.65. The third kappa shape index (κ3) is 5.87. The summed E-state index contributed by atoms with van der Waals surface area (Å²) in [5.41, 5.74) is -0.823. The van der Waals surface area contributed by atoms with Crippen molar-refractivity contribution in [2.75, 3.05) is 30.9 Å². The van der Waals surface area contributed by atoms with E-state index in [1.807, 2.05) is 0 Å². The van der Waals surface area contributed by atoms with E-state index in [2.05, 4.69) is 5.32 Å². The first kappa shape index (κ1) is 25.5. The summed E-state index contributed by atoms with van der Waals surface area (Å²) in [6, 6.07) is 6.96. The third-order valence-corrected chi connectivity index (χ3v) is 8.62. The van der Waals surface area contributed by atoms with Gasteiger partial charge in [-0.2, -0.15) is 4.31 Å². The monoisotopic (exact) mass is 479 g/mol. The minimum Gasteiger partial charge on any atom is -0.497 e. The van der Waals surface area contributed by atoms with Gasteiger partial charge in [-0.05, 0) is 50.5 Å². The predicted molar refractivity (Wildman–Crippen MR) is 129 cm³/mol. The average Bonchev–Trinajstić information content (AvgIpc) is 2.75. The van der Waals surface area contributed by atoms with Gasteiger partial charge in [0.1, 0.15) is 11.3 Å². The lowest BCUT2D eigenvalue weighted by molar-refractivity contribution is -0.133. The fourth-order valence-corrected chi connectivity index (χ4v) is 6.35. The maximum atomic E-state index is 13.7. The molecule has 0 radical (unpaired) electrons. The molecule has 2 amide bonds. The molecule has 0 bridgehead atoms. The highest BCUT2D eigenvalue weighted by Crippen LogP contribution is 2.32. The molecule has 1 aliphatic carbocycles. The lowest BCUT2D eigenvalue weighted by atomic mass is 9.92. The summed E-state index contributed by atoms with van der Waals surface area (Å²) in [5, 5.41) is 3.16. The SMILES string of the molecule is CCCS(=O)(=O)N1CC(=O)N(c2ccc(OC)cc2)[C@@](C)(C(=O)NC2CCCCCCC2)C1. The van der Waals surface area contributed by atoms with E-state index in [0.717, 1.165) is 38.5 Å². The van der Waals surface area contributed by atoms with E-state index in [-0.39, 0.29) is 30.8 Å². The summed E-state index contributed by atoms with van der Waals surface area (Å²) >= 11 is 0. The number of ether oxygens (including phenoxy) is 1. The van der Waals surface area contributed by atoms with Crippen molar-refractivity contribution >= 4 is 27.5 Å². The molecule has 184 valence electrons. The molecule has 2 fully saturated rings. The van der Waals surface area contributed by atoms with Gasteiger partial charge in [-0.25, -0.2) is 8.42 Å². The molecule has 2 aliphatic rings. The van der Waals surface area contributed by atoms with Crippen molar-refractivity contribution in [1.29, 1.82) is 0 Å². The first-order valence-corrected chi connectivity index (χ1v) is 13.6. The van der Waals surface area contributed by atoms with Gasteiger partial charge >= 0.3 is 0 Å². The van der Waals surface area contributed by atoms with Gasteiger partial charge in [0.2, 0.25) is 21.8 Å². The number of anilines is 1. The second-order valence-electron chi connectivity index (χ2n) is 9.30. The number of methoxy groups -OCH3 is 1. The van der Waals surface area contributed by atoms with Crippen LogP contribution in [0.2, 0.25) is 0 Å². The lowest BCUT2D eigenvalue weighted by Crippen LogP contribution is -2.71. The first-order chi connectivity index (χ1) is 15.7. The number of hydrogen-bond acceptors (Lipinski definition) is 5. The molecule has 1 aliphatic heterocycles. The predicted octanol–water partition coefficient (Wildman–Crippen LogP) is 3.07. The van der Waals surface area contributed by atoms with Crippen LogP contribution >= 0.6 is 0 Å². The average molecular weight is 480 g/mol. The van der Waals surface area contributed by atoms with Gasteiger partial charge in [0.25, 0.3) is 0 Å². The van der Waals surface area contributed by atoms with Crippen molar-refractivity contribution in [1.82, 2.24) is 9.62 Å². The number of benzene rings is 1. The normalized spacial score (nSPS) is 23.6. The molecule has 33 heavy (non-hydrogen) atoms. The number of amides is 2. The van der Waals surface area contributed by atoms with Gasteiger partial charge in [0.05, 0.1) is 19.4 Å². The van der Waals surface area contributed by atoms with Crippen LogP contribution in [-0.4, -0.2) is 62.1 Å². The molecule has 1 saturated carbocycles. The van der Waals surface area contributed by atoms with E-state index in [0.29, 0.717) is 17.9 Å². The molecule has 1 heterocycles. The zero-order valence-corrected chi connectivity index (χ0v) is 20.8. The van der Waals surface area contributed by atoms with Crippen LogP contribution in [0.3, 0.4) is 0 Å². The minimum absolute atomic E-state index is 0.0325. The van der Waals surface area contributed by atoms with Crippen molar-refractivity contribution in [3.63, 3.8) is 0 Å². The highest BCUT2D eigenvalue weighted by Gasteiger charge is 2.51. The molecule has 0 spiro atoms. The summed E-state index contributed by atoms with van der Waals surface area (Å²) in [6.07, 6.45) is 7.89. The van der Waals surface area contributed by atoms with Crippen LogP contribution < -0.4 is 15.0 Å². The lowest BCUT2D eigenvalue weighted by Gasteiger charge is -2.47. The van der Waals surface area contributed by atoms with Crippen LogP contribution in [0.4, 0.5) is 5.69 Å². The maximum absolute atomic E-state index is 13.7. The van der Waals surface area contributed by atoms with E-state index >= 15 is 0 Å². The van der Waals surface area contributed by atoms with Gasteiger partial charge in [-0.1, -0.05) is 39.0 Å². The summed E-state index contributed by atoms with van der Waals surface area (Å²) in [5.74, 6) is -0.144. The molecule has 3 rings (SSSR count). The zero-order chi connectivity index (χ0) is 24.1. The molecule has 8 nitrogen and oxygen atoms in total. The van der Waals surface area contributed by atoms with Crippen molar-refractivity contribution in [2.24, 2.45) is 0 Å². The molecule has 9 heteroatoms. The maximum Gasteiger partial charge on any atom is 0.247 e. The van der Waals surface area contributed by atoms with E-state index in [1.54, 1.807) is 45.2 Å². The fourth-order valence-electron chi connectivity index (χ4n) is 4.83. The molecule has 1 saturated heterocycles. The Hall–Kier alpha value is -2.13. The van der Waals surface area contributed by atoms with Gasteiger partial charge < -0.3 is 10.1 Å². The van der Waals surface area contributed by atoms with Crippen LogP contribution in [0.15, 0.2) is 24.3 Å². The highest BCUT2D eigenvalue weighted by atomic mass is 32.2. The van der Waals surface area contributed by atoms with E-state index in [9.17, 15) is 18.0 Å². The summed E-state index contributed by atoms with van der Waals surface area (Å²) in [7, 11) is -2.09. The molecule has 1 aromatic carbocycles. The van der Waals surface area contributed by atoms with E-state index in [1.165, 1.54) is 15.6 Å². The van der Waals surface area contributed by atoms with E-state index < -0.39 is 21.5 Å². The standard InChI is InChI=1S/C24H37N3O5S/c1-4-16-33(30,31)26-17-22(28)27(20-12-14-21(32-3)15-13-20)24(2,18-26)23(29)25-19-10-8-6-5-7-9-11-19/h12-15,19H,4-11,16-18H2,1-3H3,(H,25,29)/t24-/m1/s1. The Morgan fingerprint density at radius 1 is 1.12 bits per heavy atom. The topological polar surface area (TPSA) is 96.0 Å². The number of rotatable bonds is 7. The molecule has 1 atom stereocenters. The molecule has 1 N–H and O–H groups in total. The van der Waals surface area contributed by atoms with Crippen LogP contribution in [-0.2, 0) is 19.6 Å². The number of sulfonamides is 1. The summed E-state index contributed by atoms with van der Waals surface area (Å²) < 4.78 is 32.1. The number of nitrogens with zero attached hydrogens (tertiary/aromatic N) is 2. The Kier molecular flexibility index (Phi) is 8.39. The Balaban J connectivity index is 1.94. The molecule has 0 aromatic heterocycles. The second kappa shape index (κ2) is 10.9. The Morgan fingerprint density at radius 2 is 1.73 bits per heavy atom. The first-order valence-electron chi connectivity index (χ1n) is 12.0. The summed E-state index contributed by atoms with van der Waals surface area (Å²) in [4.78, 5) is 28.5. The van der Waals surface area contributed by atoms with Crippen molar-refractivity contribution in [3.05, 3.63) is 24.3 Å². The minimum atomic E-state index is -3.65. The van der Waals surface area contributed by atoms with Gasteiger partial charge in [0.15, 0.2) is 0 Å². The number of piperazine rings is 1. The van der Waals surface area contributed by atoms with Gasteiger partial charge in [0, 0.05) is 18.3 Å². The van der Waals surface area contributed by atoms with Crippen molar-refractivity contribution in [2.45, 2.75) is 76.8 Å². The highest BCUT2D eigenvalue weighted by molar-refractivity contribution is 7.89. The largest absolute Gasteiger partial charge is 0.497 e. The van der Waals surface area contributed by atoms with Gasteiger partial charge in [-0.3, -0.25) is 14.5 Å². The Bertz CT molecular complexity index is 926. The molecular weight excluding hydrogens is 442 g/mol.